The van der Waals surface area contributed by atoms with Crippen molar-refractivity contribution in [1.29, 1.82) is 0 Å². The summed E-state index contributed by atoms with van der Waals surface area (Å²) in [6, 6.07) is 5.12. The van der Waals surface area contributed by atoms with E-state index in [1.807, 2.05) is 4.57 Å². The van der Waals surface area contributed by atoms with Gasteiger partial charge in [-0.3, -0.25) is 4.79 Å². The molecule has 2 N–H and O–H groups in total. The summed E-state index contributed by atoms with van der Waals surface area (Å²) < 4.78 is 2.44. The van der Waals surface area contributed by atoms with Crippen LogP contribution < -0.4 is 5.32 Å². The monoisotopic (exact) mass is 495 g/mol. The Kier molecular flexibility index (Phi) is 9.42. The molecule has 0 radical (unpaired) electrons. The fourth-order valence-electron chi connectivity index (χ4n) is 3.33. The molecule has 0 aliphatic heterocycles. The number of unbranched alkanes of at least 4 members (excludes halogenated alkanes) is 1. The average Bonchev–Trinajstić information content (AvgIpc) is 3.07. The van der Waals surface area contributed by atoms with Crippen molar-refractivity contribution in [1.82, 2.24) is 14.9 Å². The zero-order valence-corrected chi connectivity index (χ0v) is 20.2. The van der Waals surface area contributed by atoms with Crippen molar-refractivity contribution in [2.24, 2.45) is 5.92 Å². The third-order valence-corrected chi connectivity index (χ3v) is 5.94. The summed E-state index contributed by atoms with van der Waals surface area (Å²) in [7, 11) is 0. The van der Waals surface area contributed by atoms with Crippen LogP contribution in [-0.2, 0) is 13.0 Å². The van der Waals surface area contributed by atoms with Gasteiger partial charge in [0.2, 0.25) is 0 Å². The number of amides is 1. The van der Waals surface area contributed by atoms with Gasteiger partial charge >= 0.3 is 5.97 Å². The number of hydrogen-bond acceptors (Lipinski definition) is 4. The third-order valence-electron chi connectivity index (χ3n) is 4.84. The molecule has 0 aliphatic rings. The number of carbonyl (C=O) groups excluding carboxylic acids is 1. The third kappa shape index (κ3) is 6.60. The molecular weight excluding hydrogens is 466 g/mol. The number of thiol groups is 1. The number of imidazole rings is 1. The molecule has 0 spiro atoms. The van der Waals surface area contributed by atoms with Gasteiger partial charge in [-0.1, -0.05) is 33.3 Å². The number of carbonyl (C=O) groups is 2. The second kappa shape index (κ2) is 11.6. The molecule has 0 saturated carbocycles. The van der Waals surface area contributed by atoms with Crippen LogP contribution in [0.5, 0.6) is 0 Å². The summed E-state index contributed by atoms with van der Waals surface area (Å²) >= 11 is 7.71. The maximum absolute atomic E-state index is 13.0. The first kappa shape index (κ1) is 24.5. The summed E-state index contributed by atoms with van der Waals surface area (Å²) in [4.78, 5) is 28.8. The van der Waals surface area contributed by atoms with Crippen LogP contribution in [0.3, 0.4) is 0 Å². The number of halogens is 1. The predicted molar refractivity (Wildman–Crippen MR) is 126 cm³/mol. The van der Waals surface area contributed by atoms with Crippen LogP contribution in [0.15, 0.2) is 28.9 Å². The number of rotatable bonds is 11. The molecular formula is C22H30BrN3O3S. The Labute approximate surface area is 192 Å². The van der Waals surface area contributed by atoms with Crippen molar-refractivity contribution in [2.75, 3.05) is 5.75 Å². The Balaban J connectivity index is 2.32. The number of hydrogen-bond donors (Lipinski definition) is 3. The zero-order chi connectivity index (χ0) is 22.3. The number of nitrogens with one attached hydrogen (secondary N) is 1. The first-order chi connectivity index (χ1) is 14.3. The highest BCUT2D eigenvalue weighted by atomic mass is 79.9. The van der Waals surface area contributed by atoms with Gasteiger partial charge in [0.1, 0.15) is 11.5 Å². The number of carboxylic acids is 1. The van der Waals surface area contributed by atoms with E-state index in [1.165, 1.54) is 0 Å². The minimum atomic E-state index is -0.984. The molecule has 6 nitrogen and oxygen atoms in total. The van der Waals surface area contributed by atoms with Crippen LogP contribution >= 0.6 is 28.6 Å². The van der Waals surface area contributed by atoms with Crippen molar-refractivity contribution in [3.63, 3.8) is 0 Å². The normalized spacial score (nSPS) is 12.2. The molecule has 2 aromatic rings. The number of nitrogens with zero attached hydrogens (tertiary/aromatic N) is 2. The molecule has 1 amide bonds. The largest absolute Gasteiger partial charge is 0.478 e. The summed E-state index contributed by atoms with van der Waals surface area (Å²) in [5.41, 5.74) is 1.61. The fourth-order valence-corrected chi connectivity index (χ4v) is 4.16. The van der Waals surface area contributed by atoms with Gasteiger partial charge in [0, 0.05) is 29.2 Å². The average molecular weight is 496 g/mol. The van der Waals surface area contributed by atoms with Gasteiger partial charge in [-0.15, -0.1) is 0 Å². The summed E-state index contributed by atoms with van der Waals surface area (Å²) in [5.74, 6) is 0.739. The first-order valence-corrected chi connectivity index (χ1v) is 11.7. The van der Waals surface area contributed by atoms with Crippen LogP contribution in [0.4, 0.5) is 0 Å². The van der Waals surface area contributed by atoms with Crippen LogP contribution in [0.2, 0.25) is 0 Å². The van der Waals surface area contributed by atoms with E-state index in [4.69, 9.17) is 0 Å². The molecule has 1 aromatic heterocycles. The minimum Gasteiger partial charge on any atom is -0.478 e. The quantitative estimate of drug-likeness (QED) is 0.390. The van der Waals surface area contributed by atoms with E-state index in [0.717, 1.165) is 37.1 Å². The van der Waals surface area contributed by atoms with E-state index in [0.29, 0.717) is 28.4 Å². The van der Waals surface area contributed by atoms with Gasteiger partial charge in [-0.05, 0) is 52.4 Å². The van der Waals surface area contributed by atoms with E-state index in [2.05, 4.69) is 59.6 Å². The molecule has 1 unspecified atom stereocenters. The molecule has 2 rings (SSSR count). The zero-order valence-electron chi connectivity index (χ0n) is 17.7. The number of aromatic nitrogens is 2. The van der Waals surface area contributed by atoms with E-state index < -0.39 is 5.97 Å². The van der Waals surface area contributed by atoms with Crippen molar-refractivity contribution < 1.29 is 14.7 Å². The maximum atomic E-state index is 13.0. The molecule has 30 heavy (non-hydrogen) atoms. The topological polar surface area (TPSA) is 84.2 Å². The SMILES string of the molecule is CCCCc1ncc(C(=O)NC(CS)CC(C)C)n1Cc1ccc(C(=O)O)c(Br)c1. The molecule has 164 valence electrons. The predicted octanol–water partition coefficient (Wildman–Crippen LogP) is 4.81. The van der Waals surface area contributed by atoms with E-state index >= 15 is 0 Å². The summed E-state index contributed by atoms with van der Waals surface area (Å²) in [6.45, 7) is 6.80. The van der Waals surface area contributed by atoms with Crippen molar-refractivity contribution in [2.45, 2.75) is 59.0 Å². The molecule has 8 heteroatoms. The van der Waals surface area contributed by atoms with Gasteiger partial charge in [0.15, 0.2) is 0 Å². The van der Waals surface area contributed by atoms with Gasteiger partial charge in [-0.2, -0.15) is 12.6 Å². The van der Waals surface area contributed by atoms with E-state index in [1.54, 1.807) is 24.4 Å². The van der Waals surface area contributed by atoms with Crippen molar-refractivity contribution in [3.05, 3.63) is 51.5 Å². The Morgan fingerprint density at radius 2 is 2.07 bits per heavy atom. The van der Waals surface area contributed by atoms with Crippen LogP contribution in [0.25, 0.3) is 0 Å². The van der Waals surface area contributed by atoms with Gasteiger partial charge < -0.3 is 15.0 Å². The molecule has 1 heterocycles. The van der Waals surface area contributed by atoms with Crippen LogP contribution in [0.1, 0.15) is 72.3 Å². The van der Waals surface area contributed by atoms with Gasteiger partial charge in [0.25, 0.3) is 5.91 Å². The molecule has 1 atom stereocenters. The lowest BCUT2D eigenvalue weighted by atomic mass is 10.1. The second-order valence-corrected chi connectivity index (χ2v) is 9.07. The Morgan fingerprint density at radius 3 is 2.63 bits per heavy atom. The molecule has 0 aliphatic carbocycles. The molecule has 0 bridgehead atoms. The standard InChI is InChI=1S/C22H30BrN3O3S/c1-4-5-6-20-24-11-19(21(27)25-16(13-30)9-14(2)3)26(20)12-15-7-8-17(22(28)29)18(23)10-15/h7-8,10-11,14,16,30H,4-6,9,12-13H2,1-3H3,(H,25,27)(H,28,29). The second-order valence-electron chi connectivity index (χ2n) is 7.85. The lowest BCUT2D eigenvalue weighted by Crippen LogP contribution is -2.38. The highest BCUT2D eigenvalue weighted by Crippen LogP contribution is 2.21. The minimum absolute atomic E-state index is 0.00716. The molecule has 1 aromatic carbocycles. The molecule has 0 fully saturated rings. The Hall–Kier alpha value is -1.80. The lowest BCUT2D eigenvalue weighted by molar-refractivity contribution is 0.0695. The van der Waals surface area contributed by atoms with Crippen molar-refractivity contribution >= 4 is 40.4 Å². The lowest BCUT2D eigenvalue weighted by Gasteiger charge is -2.19. The van der Waals surface area contributed by atoms with E-state index in [-0.39, 0.29) is 17.5 Å². The number of aromatic carboxylic acids is 1. The van der Waals surface area contributed by atoms with Crippen LogP contribution in [0, 0.1) is 5.92 Å². The van der Waals surface area contributed by atoms with Crippen molar-refractivity contribution in [3.8, 4) is 0 Å². The van der Waals surface area contributed by atoms with E-state index in [9.17, 15) is 14.7 Å². The fraction of sp³-hybridized carbons (Fsp3) is 0.500. The highest BCUT2D eigenvalue weighted by molar-refractivity contribution is 9.10. The smallest absolute Gasteiger partial charge is 0.336 e. The Morgan fingerprint density at radius 1 is 1.33 bits per heavy atom. The Bertz CT molecular complexity index is 883. The number of carboxylic acid groups (broad SMARTS) is 1. The maximum Gasteiger partial charge on any atom is 0.336 e. The number of benzene rings is 1. The first-order valence-electron chi connectivity index (χ1n) is 10.2. The number of aryl methyl sites for hydroxylation is 1. The summed E-state index contributed by atoms with van der Waals surface area (Å²) in [6.07, 6.45) is 5.28. The van der Waals surface area contributed by atoms with Gasteiger partial charge in [0.05, 0.1) is 11.8 Å². The summed E-state index contributed by atoms with van der Waals surface area (Å²) in [5, 5.41) is 12.3. The highest BCUT2D eigenvalue weighted by Gasteiger charge is 2.20. The molecule has 0 saturated heterocycles. The van der Waals surface area contributed by atoms with Crippen LogP contribution in [-0.4, -0.2) is 38.3 Å². The van der Waals surface area contributed by atoms with Gasteiger partial charge in [-0.25, -0.2) is 9.78 Å².